The van der Waals surface area contributed by atoms with Gasteiger partial charge in [-0.3, -0.25) is 4.79 Å². The minimum Gasteiger partial charge on any atom is -0.497 e. The number of aromatic nitrogens is 3. The van der Waals surface area contributed by atoms with Gasteiger partial charge in [-0.25, -0.2) is 14.0 Å². The molecule has 0 bridgehead atoms. The molecular formula is C28H28ClN5O3. The number of piperazine rings is 1. The molecule has 9 heteroatoms. The average Bonchev–Trinajstić information content (AvgIpc) is 3.21. The lowest BCUT2D eigenvalue weighted by Gasteiger charge is -2.37. The lowest BCUT2D eigenvalue weighted by atomic mass is 10.1. The van der Waals surface area contributed by atoms with Crippen LogP contribution in [0.15, 0.2) is 77.6 Å². The molecule has 37 heavy (non-hydrogen) atoms. The highest BCUT2D eigenvalue weighted by Crippen LogP contribution is 2.23. The summed E-state index contributed by atoms with van der Waals surface area (Å²) < 4.78 is 7.99. The van der Waals surface area contributed by atoms with Crippen LogP contribution in [0.5, 0.6) is 5.75 Å². The molecule has 0 saturated carbocycles. The Morgan fingerprint density at radius 1 is 0.838 bits per heavy atom. The Balaban J connectivity index is 1.25. The first-order valence-corrected chi connectivity index (χ1v) is 12.5. The number of nitrogens with zero attached hydrogens (tertiary/aromatic N) is 5. The van der Waals surface area contributed by atoms with Gasteiger partial charge in [0, 0.05) is 48.1 Å². The number of aryl methyl sites for hydroxylation is 1. The van der Waals surface area contributed by atoms with Crippen molar-refractivity contribution in [2.45, 2.75) is 13.5 Å². The largest absolute Gasteiger partial charge is 0.497 e. The van der Waals surface area contributed by atoms with Crippen LogP contribution in [0.1, 0.15) is 16.2 Å². The SMILES string of the molecule is COc1ccc(N2CCN(c3ccc(-n4c(C)nn(CC(=O)c5ccc(Cl)cc5)c4=O)cc3)CC2)cc1. The van der Waals surface area contributed by atoms with Gasteiger partial charge in [-0.1, -0.05) is 11.6 Å². The number of carbonyl (C=O) groups excluding carboxylic acids is 1. The summed E-state index contributed by atoms with van der Waals surface area (Å²) >= 11 is 5.90. The smallest absolute Gasteiger partial charge is 0.350 e. The Labute approximate surface area is 220 Å². The molecule has 1 aromatic heterocycles. The molecule has 190 valence electrons. The van der Waals surface area contributed by atoms with E-state index in [0.29, 0.717) is 22.1 Å². The number of anilines is 2. The minimum absolute atomic E-state index is 0.134. The van der Waals surface area contributed by atoms with E-state index in [-0.39, 0.29) is 18.0 Å². The van der Waals surface area contributed by atoms with Gasteiger partial charge in [0.15, 0.2) is 5.78 Å². The van der Waals surface area contributed by atoms with E-state index in [1.54, 1.807) is 38.3 Å². The van der Waals surface area contributed by atoms with Crippen LogP contribution in [0.4, 0.5) is 11.4 Å². The van der Waals surface area contributed by atoms with E-state index in [1.807, 2.05) is 36.4 Å². The molecule has 0 radical (unpaired) electrons. The molecule has 0 N–H and O–H groups in total. The molecule has 0 aliphatic carbocycles. The van der Waals surface area contributed by atoms with Crippen LogP contribution in [0.3, 0.4) is 0 Å². The summed E-state index contributed by atoms with van der Waals surface area (Å²) in [6, 6.07) is 22.7. The monoisotopic (exact) mass is 517 g/mol. The fraction of sp³-hybridized carbons (Fsp3) is 0.250. The summed E-state index contributed by atoms with van der Waals surface area (Å²) in [7, 11) is 1.67. The van der Waals surface area contributed by atoms with Crippen molar-refractivity contribution in [2.24, 2.45) is 0 Å². The number of hydrogen-bond donors (Lipinski definition) is 0. The van der Waals surface area contributed by atoms with Gasteiger partial charge >= 0.3 is 5.69 Å². The van der Waals surface area contributed by atoms with E-state index in [0.717, 1.165) is 37.6 Å². The standard InChI is InChI=1S/C28H28ClN5O3/c1-20-30-33(19-27(35)21-3-5-22(29)6-4-21)28(36)34(20)25-9-7-23(8-10-25)31-15-17-32(18-16-31)24-11-13-26(37-2)14-12-24/h3-14H,15-19H2,1-2H3. The molecule has 5 rings (SSSR count). The first-order chi connectivity index (χ1) is 17.9. The van der Waals surface area contributed by atoms with Crippen LogP contribution >= 0.6 is 11.6 Å². The molecular weight excluding hydrogens is 490 g/mol. The number of hydrogen-bond acceptors (Lipinski definition) is 6. The molecule has 0 amide bonds. The summed E-state index contributed by atoms with van der Waals surface area (Å²) in [6.45, 7) is 5.26. The maximum Gasteiger partial charge on any atom is 0.350 e. The fourth-order valence-corrected chi connectivity index (χ4v) is 4.73. The maximum atomic E-state index is 13.1. The number of rotatable bonds is 7. The lowest BCUT2D eigenvalue weighted by molar-refractivity contribution is 0.0966. The second kappa shape index (κ2) is 10.5. The zero-order chi connectivity index (χ0) is 25.9. The van der Waals surface area contributed by atoms with Crippen LogP contribution in [-0.4, -0.2) is 53.4 Å². The summed E-state index contributed by atoms with van der Waals surface area (Å²) in [6.07, 6.45) is 0. The number of ketones is 1. The quantitative estimate of drug-likeness (QED) is 0.342. The molecule has 8 nitrogen and oxygen atoms in total. The van der Waals surface area contributed by atoms with Gasteiger partial charge in [0.1, 0.15) is 18.1 Å². The second-order valence-electron chi connectivity index (χ2n) is 8.94. The van der Waals surface area contributed by atoms with Crippen LogP contribution in [0, 0.1) is 6.92 Å². The van der Waals surface area contributed by atoms with Crippen molar-refractivity contribution in [3.63, 3.8) is 0 Å². The Hall–Kier alpha value is -4.04. The zero-order valence-electron chi connectivity index (χ0n) is 20.8. The van der Waals surface area contributed by atoms with Gasteiger partial charge in [0.05, 0.1) is 12.8 Å². The summed E-state index contributed by atoms with van der Waals surface area (Å²) in [5.41, 5.74) is 3.15. The van der Waals surface area contributed by atoms with Crippen LogP contribution in [0.25, 0.3) is 5.69 Å². The first-order valence-electron chi connectivity index (χ1n) is 12.1. The number of methoxy groups -OCH3 is 1. The maximum absolute atomic E-state index is 13.1. The molecule has 1 aliphatic rings. The van der Waals surface area contributed by atoms with Crippen LogP contribution < -0.4 is 20.2 Å². The number of ether oxygens (including phenoxy) is 1. The predicted molar refractivity (Wildman–Crippen MR) is 146 cm³/mol. The van der Waals surface area contributed by atoms with Crippen molar-refractivity contribution in [3.8, 4) is 11.4 Å². The average molecular weight is 518 g/mol. The summed E-state index contributed by atoms with van der Waals surface area (Å²) in [5.74, 6) is 1.18. The van der Waals surface area contributed by atoms with Gasteiger partial charge in [-0.15, -0.1) is 0 Å². The van der Waals surface area contributed by atoms with Crippen LogP contribution in [-0.2, 0) is 6.54 Å². The molecule has 1 fully saturated rings. The fourth-order valence-electron chi connectivity index (χ4n) is 4.61. The normalized spacial score (nSPS) is 13.6. The van der Waals surface area contributed by atoms with E-state index in [9.17, 15) is 9.59 Å². The van der Waals surface area contributed by atoms with Gasteiger partial charge in [0.2, 0.25) is 0 Å². The van der Waals surface area contributed by atoms with E-state index in [1.165, 1.54) is 14.9 Å². The zero-order valence-corrected chi connectivity index (χ0v) is 21.6. The van der Waals surface area contributed by atoms with Gasteiger partial charge in [-0.2, -0.15) is 5.10 Å². The third-order valence-electron chi connectivity index (χ3n) is 6.65. The van der Waals surface area contributed by atoms with Crippen molar-refractivity contribution in [2.75, 3.05) is 43.1 Å². The van der Waals surface area contributed by atoms with Crippen molar-refractivity contribution in [1.82, 2.24) is 14.3 Å². The topological polar surface area (TPSA) is 72.6 Å². The minimum atomic E-state index is -0.347. The van der Waals surface area contributed by atoms with E-state index < -0.39 is 0 Å². The second-order valence-corrected chi connectivity index (χ2v) is 9.38. The number of Topliss-reactive ketones (excluding diaryl/α,β-unsaturated/α-hetero) is 1. The van der Waals surface area contributed by atoms with Gasteiger partial charge in [0.25, 0.3) is 0 Å². The number of carbonyl (C=O) groups is 1. The van der Waals surface area contributed by atoms with Gasteiger partial charge in [-0.05, 0) is 79.7 Å². The first kappa shape index (κ1) is 24.6. The van der Waals surface area contributed by atoms with E-state index in [2.05, 4.69) is 27.0 Å². The highest BCUT2D eigenvalue weighted by molar-refractivity contribution is 6.30. The Morgan fingerprint density at radius 2 is 1.35 bits per heavy atom. The lowest BCUT2D eigenvalue weighted by Crippen LogP contribution is -2.46. The van der Waals surface area contributed by atoms with Gasteiger partial charge < -0.3 is 14.5 Å². The number of halogens is 1. The molecule has 2 heterocycles. The Bertz CT molecular complexity index is 1440. The molecule has 1 aliphatic heterocycles. The van der Waals surface area contributed by atoms with E-state index in [4.69, 9.17) is 16.3 Å². The van der Waals surface area contributed by atoms with Crippen molar-refractivity contribution >= 4 is 28.8 Å². The van der Waals surface area contributed by atoms with E-state index >= 15 is 0 Å². The molecule has 0 spiro atoms. The molecule has 3 aromatic carbocycles. The third kappa shape index (κ3) is 5.24. The Morgan fingerprint density at radius 3 is 1.89 bits per heavy atom. The summed E-state index contributed by atoms with van der Waals surface area (Å²) in [5, 5.41) is 4.88. The Kier molecular flexibility index (Phi) is 7.01. The highest BCUT2D eigenvalue weighted by Gasteiger charge is 2.19. The van der Waals surface area contributed by atoms with Crippen molar-refractivity contribution in [1.29, 1.82) is 0 Å². The highest BCUT2D eigenvalue weighted by atomic mass is 35.5. The third-order valence-corrected chi connectivity index (χ3v) is 6.90. The molecule has 0 atom stereocenters. The predicted octanol–water partition coefficient (Wildman–Crippen LogP) is 4.21. The molecule has 0 unspecified atom stereocenters. The van der Waals surface area contributed by atoms with Crippen molar-refractivity contribution in [3.05, 3.63) is 99.7 Å². The number of benzene rings is 3. The van der Waals surface area contributed by atoms with Crippen LogP contribution in [0.2, 0.25) is 5.02 Å². The summed E-state index contributed by atoms with van der Waals surface area (Å²) in [4.78, 5) is 30.4. The molecule has 1 saturated heterocycles. The molecule has 4 aromatic rings. The van der Waals surface area contributed by atoms with Crippen molar-refractivity contribution < 1.29 is 9.53 Å².